The molecule has 0 aromatic heterocycles. The molecule has 4 aliphatic carbocycles. The lowest BCUT2D eigenvalue weighted by molar-refractivity contribution is -0.188. The molecule has 6 heteroatoms. The Kier molecular flexibility index (Phi) is 4.80. The Morgan fingerprint density at radius 2 is 1.80 bits per heavy atom. The molecular formula is C24H32N2O4. The summed E-state index contributed by atoms with van der Waals surface area (Å²) in [7, 11) is 0. The minimum atomic E-state index is -0.663. The lowest BCUT2D eigenvalue weighted by atomic mass is 9.39. The first-order valence-corrected chi connectivity index (χ1v) is 11.3. The molecule has 30 heavy (non-hydrogen) atoms. The van der Waals surface area contributed by atoms with E-state index in [4.69, 9.17) is 9.57 Å². The van der Waals surface area contributed by atoms with Gasteiger partial charge in [-0.1, -0.05) is 37.3 Å². The van der Waals surface area contributed by atoms with Crippen molar-refractivity contribution in [2.75, 3.05) is 13.1 Å². The predicted octanol–water partition coefficient (Wildman–Crippen LogP) is 3.85. The van der Waals surface area contributed by atoms with E-state index in [1.165, 1.54) is 12.0 Å². The van der Waals surface area contributed by atoms with Crippen LogP contribution in [0.3, 0.4) is 0 Å². The van der Waals surface area contributed by atoms with E-state index in [1.807, 2.05) is 6.07 Å². The lowest BCUT2D eigenvalue weighted by Crippen LogP contribution is -2.61. The number of nitrogens with one attached hydrogen (secondary N) is 2. The lowest BCUT2D eigenvalue weighted by Gasteiger charge is -2.65. The van der Waals surface area contributed by atoms with Crippen LogP contribution < -0.4 is 10.8 Å². The fraction of sp³-hybridized carbons (Fsp3) is 0.667. The minimum absolute atomic E-state index is 0.0318. The normalized spacial score (nSPS) is 37.6. The topological polar surface area (TPSA) is 76.7 Å². The van der Waals surface area contributed by atoms with Gasteiger partial charge in [-0.2, -0.15) is 0 Å². The Balaban J connectivity index is 1.30. The molecule has 4 atom stereocenters. The van der Waals surface area contributed by atoms with E-state index in [1.54, 1.807) is 0 Å². The fourth-order valence-corrected chi connectivity index (χ4v) is 7.55. The highest BCUT2D eigenvalue weighted by Gasteiger charge is 2.65. The molecule has 1 heterocycles. The number of carbonyl (C=O) groups excluding carboxylic acids is 2. The molecule has 162 valence electrons. The second-order valence-electron chi connectivity index (χ2n) is 10.6. The Labute approximate surface area is 178 Å². The van der Waals surface area contributed by atoms with Gasteiger partial charge < -0.3 is 14.9 Å². The SMILES string of the molecule is CC12CC3CC(C(=O)ONC(=O)OC4CCNCC4)(C1)CC(c1ccccc1)(C3)C2. The molecule has 1 aromatic rings. The number of ether oxygens (including phenoxy) is 1. The summed E-state index contributed by atoms with van der Waals surface area (Å²) in [5, 5.41) is 3.24. The van der Waals surface area contributed by atoms with Crippen LogP contribution in [0.15, 0.2) is 30.3 Å². The van der Waals surface area contributed by atoms with Crippen molar-refractivity contribution in [1.29, 1.82) is 0 Å². The Morgan fingerprint density at radius 3 is 2.53 bits per heavy atom. The molecule has 1 amide bonds. The van der Waals surface area contributed by atoms with Gasteiger partial charge in [-0.3, -0.25) is 0 Å². The van der Waals surface area contributed by atoms with Gasteiger partial charge in [0.2, 0.25) is 0 Å². The van der Waals surface area contributed by atoms with Gasteiger partial charge in [0.05, 0.1) is 5.41 Å². The van der Waals surface area contributed by atoms with Crippen LogP contribution in [0, 0.1) is 16.7 Å². The van der Waals surface area contributed by atoms with Crippen molar-refractivity contribution in [2.45, 2.75) is 69.8 Å². The third-order valence-corrected chi connectivity index (χ3v) is 7.95. The van der Waals surface area contributed by atoms with Crippen molar-refractivity contribution in [1.82, 2.24) is 10.8 Å². The molecule has 0 radical (unpaired) electrons. The quantitative estimate of drug-likeness (QED) is 0.738. The molecule has 5 aliphatic rings. The van der Waals surface area contributed by atoms with Crippen LogP contribution in [-0.4, -0.2) is 31.3 Å². The summed E-state index contributed by atoms with van der Waals surface area (Å²) < 4.78 is 5.40. The maximum absolute atomic E-state index is 13.3. The summed E-state index contributed by atoms with van der Waals surface area (Å²) in [6.45, 7) is 4.00. The molecule has 6 nitrogen and oxygen atoms in total. The zero-order valence-corrected chi connectivity index (χ0v) is 17.7. The molecule has 4 unspecified atom stereocenters. The van der Waals surface area contributed by atoms with E-state index in [0.29, 0.717) is 5.92 Å². The molecular weight excluding hydrogens is 380 g/mol. The van der Waals surface area contributed by atoms with Crippen molar-refractivity contribution in [3.63, 3.8) is 0 Å². The second-order valence-corrected chi connectivity index (χ2v) is 10.6. The standard InChI is InChI=1S/C24H32N2O4/c1-22-11-17-12-23(14-22,18-5-3-2-4-6-18)16-24(13-17,15-22)20(27)30-26-21(28)29-19-7-9-25-10-8-19/h2-6,17,19,25H,7-16H2,1H3,(H,26,28). The number of hydroxylamine groups is 1. The van der Waals surface area contributed by atoms with Crippen molar-refractivity contribution < 1.29 is 19.2 Å². The Bertz CT molecular complexity index is 824. The van der Waals surface area contributed by atoms with Crippen LogP contribution in [0.25, 0.3) is 0 Å². The number of amides is 1. The first-order chi connectivity index (χ1) is 14.4. The van der Waals surface area contributed by atoms with Crippen molar-refractivity contribution in [3.05, 3.63) is 35.9 Å². The summed E-state index contributed by atoms with van der Waals surface area (Å²) >= 11 is 0. The molecule has 1 aromatic carbocycles. The third kappa shape index (κ3) is 3.49. The Hall–Kier alpha value is -2.08. The van der Waals surface area contributed by atoms with E-state index < -0.39 is 11.5 Å². The molecule has 2 N–H and O–H groups in total. The molecule has 4 bridgehead atoms. The predicted molar refractivity (Wildman–Crippen MR) is 111 cm³/mol. The fourth-order valence-electron chi connectivity index (χ4n) is 7.55. The molecule has 1 aliphatic heterocycles. The second kappa shape index (κ2) is 7.26. The van der Waals surface area contributed by atoms with Crippen LogP contribution in [-0.2, 0) is 19.8 Å². The summed E-state index contributed by atoms with van der Waals surface area (Å²) in [5.74, 6) is 0.237. The highest BCUT2D eigenvalue weighted by Crippen LogP contribution is 2.70. The van der Waals surface area contributed by atoms with Gasteiger partial charge in [0, 0.05) is 0 Å². The molecule has 6 rings (SSSR count). The number of hydrogen-bond acceptors (Lipinski definition) is 5. The number of piperidine rings is 1. The number of rotatable bonds is 3. The molecule has 1 saturated heterocycles. The van der Waals surface area contributed by atoms with Crippen LogP contribution in [0.2, 0.25) is 0 Å². The highest BCUT2D eigenvalue weighted by molar-refractivity contribution is 5.79. The zero-order chi connectivity index (χ0) is 20.8. The average molecular weight is 413 g/mol. The van der Waals surface area contributed by atoms with E-state index >= 15 is 0 Å². The van der Waals surface area contributed by atoms with Gasteiger partial charge in [0.1, 0.15) is 6.10 Å². The largest absolute Gasteiger partial charge is 0.444 e. The molecule has 4 saturated carbocycles. The smallest absolute Gasteiger partial charge is 0.440 e. The third-order valence-electron chi connectivity index (χ3n) is 7.95. The van der Waals surface area contributed by atoms with E-state index in [2.05, 4.69) is 42.0 Å². The number of hydrogen-bond donors (Lipinski definition) is 2. The monoisotopic (exact) mass is 412 g/mol. The van der Waals surface area contributed by atoms with Gasteiger partial charge in [-0.25, -0.2) is 9.59 Å². The maximum Gasteiger partial charge on any atom is 0.440 e. The van der Waals surface area contributed by atoms with Crippen molar-refractivity contribution in [2.24, 2.45) is 16.7 Å². The molecule has 0 spiro atoms. The minimum Gasteiger partial charge on any atom is -0.444 e. The van der Waals surface area contributed by atoms with Crippen molar-refractivity contribution in [3.8, 4) is 0 Å². The average Bonchev–Trinajstić information content (AvgIpc) is 2.71. The molecule has 5 fully saturated rings. The summed E-state index contributed by atoms with van der Waals surface area (Å²) in [5.41, 5.74) is 3.28. The van der Waals surface area contributed by atoms with Gasteiger partial charge >= 0.3 is 12.1 Å². The van der Waals surface area contributed by atoms with Gasteiger partial charge in [-0.15, -0.1) is 5.48 Å². The summed E-state index contributed by atoms with van der Waals surface area (Å²) in [6.07, 6.45) is 6.75. The van der Waals surface area contributed by atoms with E-state index in [9.17, 15) is 9.59 Å². The van der Waals surface area contributed by atoms with Gasteiger partial charge in [-0.05, 0) is 86.8 Å². The van der Waals surface area contributed by atoms with Crippen LogP contribution in [0.4, 0.5) is 4.79 Å². The van der Waals surface area contributed by atoms with Crippen LogP contribution in [0.5, 0.6) is 0 Å². The number of benzene rings is 1. The highest BCUT2D eigenvalue weighted by atomic mass is 16.7. The van der Waals surface area contributed by atoms with Crippen LogP contribution >= 0.6 is 0 Å². The Morgan fingerprint density at radius 1 is 1.03 bits per heavy atom. The first-order valence-electron chi connectivity index (χ1n) is 11.3. The van der Waals surface area contributed by atoms with E-state index in [0.717, 1.165) is 58.0 Å². The maximum atomic E-state index is 13.3. The van der Waals surface area contributed by atoms with Crippen LogP contribution in [0.1, 0.15) is 63.9 Å². The summed E-state index contributed by atoms with van der Waals surface area (Å²) in [4.78, 5) is 30.8. The van der Waals surface area contributed by atoms with Gasteiger partial charge in [0.15, 0.2) is 0 Å². The van der Waals surface area contributed by atoms with Gasteiger partial charge in [0.25, 0.3) is 0 Å². The van der Waals surface area contributed by atoms with Crippen molar-refractivity contribution >= 4 is 12.1 Å². The summed E-state index contributed by atoms with van der Waals surface area (Å²) in [6, 6.07) is 10.7. The number of carbonyl (C=O) groups is 2. The first kappa shape index (κ1) is 19.9. The van der Waals surface area contributed by atoms with E-state index in [-0.39, 0.29) is 22.9 Å². The zero-order valence-electron chi connectivity index (χ0n) is 17.7.